The van der Waals surface area contributed by atoms with E-state index in [-0.39, 0.29) is 11.7 Å². The molecule has 0 aliphatic carbocycles. The molecule has 2 heterocycles. The Balaban J connectivity index is 1.71. The van der Waals surface area contributed by atoms with Gasteiger partial charge in [-0.05, 0) is 43.4 Å². The van der Waals surface area contributed by atoms with Crippen molar-refractivity contribution in [1.82, 2.24) is 9.88 Å². The topological polar surface area (TPSA) is 68.7 Å². The second kappa shape index (κ2) is 6.66. The Labute approximate surface area is 135 Å². The van der Waals surface area contributed by atoms with Crippen molar-refractivity contribution >= 4 is 17.4 Å². The predicted molar refractivity (Wildman–Crippen MR) is 90.0 cm³/mol. The molecule has 1 saturated heterocycles. The third-order valence-corrected chi connectivity index (χ3v) is 3.96. The van der Waals surface area contributed by atoms with Gasteiger partial charge in [0.2, 0.25) is 0 Å². The molecule has 0 unspecified atom stereocenters. The minimum absolute atomic E-state index is 0.171. The van der Waals surface area contributed by atoms with Crippen molar-refractivity contribution in [1.29, 1.82) is 0 Å². The van der Waals surface area contributed by atoms with E-state index in [4.69, 9.17) is 0 Å². The number of phenols is 1. The zero-order chi connectivity index (χ0) is 16.2. The summed E-state index contributed by atoms with van der Waals surface area (Å²) in [6.45, 7) is 3.80. The molecule has 0 atom stereocenters. The van der Waals surface area contributed by atoms with Gasteiger partial charge in [-0.2, -0.15) is 0 Å². The molecule has 1 aliphatic rings. The summed E-state index contributed by atoms with van der Waals surface area (Å²) in [6, 6.07) is 9.93. The molecule has 0 bridgehead atoms. The van der Waals surface area contributed by atoms with Gasteiger partial charge in [-0.3, -0.25) is 4.79 Å². The van der Waals surface area contributed by atoms with Crippen LogP contribution in [0.25, 0.3) is 0 Å². The molecule has 1 fully saturated rings. The van der Waals surface area contributed by atoms with Gasteiger partial charge in [0.1, 0.15) is 11.6 Å². The Morgan fingerprint density at radius 3 is 2.52 bits per heavy atom. The molecule has 2 aromatic rings. The highest BCUT2D eigenvalue weighted by atomic mass is 16.3. The van der Waals surface area contributed by atoms with E-state index in [0.29, 0.717) is 11.3 Å². The third-order valence-electron chi connectivity index (χ3n) is 3.96. The number of hydrogen-bond donors (Lipinski definition) is 2. The summed E-state index contributed by atoms with van der Waals surface area (Å²) in [5, 5.41) is 12.1. The highest BCUT2D eigenvalue weighted by Crippen LogP contribution is 2.17. The summed E-state index contributed by atoms with van der Waals surface area (Å²) in [6.07, 6.45) is 1.67. The molecule has 1 aromatic heterocycles. The molecule has 3 rings (SSSR count). The summed E-state index contributed by atoms with van der Waals surface area (Å²) < 4.78 is 0. The van der Waals surface area contributed by atoms with Crippen LogP contribution in [0, 0.1) is 0 Å². The molecular weight excluding hydrogens is 292 g/mol. The Morgan fingerprint density at radius 2 is 1.83 bits per heavy atom. The van der Waals surface area contributed by atoms with Gasteiger partial charge in [0.25, 0.3) is 5.91 Å². The van der Waals surface area contributed by atoms with Gasteiger partial charge in [0.15, 0.2) is 0 Å². The number of rotatable bonds is 3. The fourth-order valence-corrected chi connectivity index (χ4v) is 2.52. The van der Waals surface area contributed by atoms with E-state index in [1.165, 1.54) is 12.1 Å². The fourth-order valence-electron chi connectivity index (χ4n) is 2.52. The van der Waals surface area contributed by atoms with Gasteiger partial charge in [-0.15, -0.1) is 0 Å². The van der Waals surface area contributed by atoms with Crippen LogP contribution in [-0.4, -0.2) is 54.1 Å². The molecule has 1 aromatic carbocycles. The van der Waals surface area contributed by atoms with Gasteiger partial charge < -0.3 is 20.2 Å². The number of benzene rings is 1. The first-order chi connectivity index (χ1) is 11.1. The van der Waals surface area contributed by atoms with Gasteiger partial charge in [0.05, 0.1) is 0 Å². The summed E-state index contributed by atoms with van der Waals surface area (Å²) in [4.78, 5) is 21.2. The molecule has 0 radical (unpaired) electrons. The highest BCUT2D eigenvalue weighted by Gasteiger charge is 2.16. The Morgan fingerprint density at radius 1 is 1.13 bits per heavy atom. The maximum Gasteiger partial charge on any atom is 0.255 e. The number of likely N-dealkylation sites (N-methyl/N-ethyl adjacent to an activating group) is 1. The van der Waals surface area contributed by atoms with E-state index in [1.54, 1.807) is 24.4 Å². The third kappa shape index (κ3) is 3.78. The first-order valence-electron chi connectivity index (χ1n) is 7.62. The van der Waals surface area contributed by atoms with E-state index >= 15 is 0 Å². The zero-order valence-electron chi connectivity index (χ0n) is 13.1. The molecule has 120 valence electrons. The molecule has 2 N–H and O–H groups in total. The molecule has 6 heteroatoms. The molecule has 0 spiro atoms. The van der Waals surface area contributed by atoms with Crippen LogP contribution >= 0.6 is 0 Å². The van der Waals surface area contributed by atoms with Crippen molar-refractivity contribution < 1.29 is 9.90 Å². The second-order valence-corrected chi connectivity index (χ2v) is 5.69. The fraction of sp³-hybridized carbons (Fsp3) is 0.294. The van der Waals surface area contributed by atoms with Gasteiger partial charge in [-0.1, -0.05) is 0 Å². The van der Waals surface area contributed by atoms with E-state index in [1.807, 2.05) is 6.07 Å². The lowest BCUT2D eigenvalue weighted by molar-refractivity contribution is 0.102. The number of nitrogens with zero attached hydrogens (tertiary/aromatic N) is 3. The van der Waals surface area contributed by atoms with E-state index in [9.17, 15) is 9.90 Å². The number of nitrogens with one attached hydrogen (secondary N) is 1. The smallest absolute Gasteiger partial charge is 0.255 e. The molecule has 6 nitrogen and oxygen atoms in total. The van der Waals surface area contributed by atoms with E-state index in [0.717, 1.165) is 32.0 Å². The lowest BCUT2D eigenvalue weighted by Crippen LogP contribution is -2.44. The number of anilines is 2. The number of carbonyl (C=O) groups is 1. The lowest BCUT2D eigenvalue weighted by Gasteiger charge is -2.33. The predicted octanol–water partition coefficient (Wildman–Crippen LogP) is 1.79. The van der Waals surface area contributed by atoms with Crippen molar-refractivity contribution in [3.63, 3.8) is 0 Å². The van der Waals surface area contributed by atoms with Crippen molar-refractivity contribution in [3.8, 4) is 5.75 Å². The SMILES string of the molecule is CN1CCN(c2cc(C(=O)Nc3ccc(O)cc3)ccn2)CC1. The van der Waals surface area contributed by atoms with Crippen LogP contribution in [0.15, 0.2) is 42.6 Å². The number of aromatic hydroxyl groups is 1. The number of phenolic OH excluding ortho intramolecular Hbond substituents is 1. The summed E-state index contributed by atoms with van der Waals surface area (Å²) in [5.41, 5.74) is 1.22. The monoisotopic (exact) mass is 312 g/mol. The van der Waals surface area contributed by atoms with Crippen LogP contribution < -0.4 is 10.2 Å². The normalized spacial score (nSPS) is 15.4. The lowest BCUT2D eigenvalue weighted by atomic mass is 10.2. The van der Waals surface area contributed by atoms with Gasteiger partial charge in [-0.25, -0.2) is 4.98 Å². The quantitative estimate of drug-likeness (QED) is 0.846. The van der Waals surface area contributed by atoms with Crippen molar-refractivity contribution in [2.24, 2.45) is 0 Å². The van der Waals surface area contributed by atoms with E-state index in [2.05, 4.69) is 27.1 Å². The largest absolute Gasteiger partial charge is 0.508 e. The number of piperazine rings is 1. The minimum atomic E-state index is -0.187. The van der Waals surface area contributed by atoms with Crippen molar-refractivity contribution in [3.05, 3.63) is 48.2 Å². The van der Waals surface area contributed by atoms with Crippen molar-refractivity contribution in [2.75, 3.05) is 43.4 Å². The van der Waals surface area contributed by atoms with Crippen LogP contribution in [0.4, 0.5) is 11.5 Å². The zero-order valence-corrected chi connectivity index (χ0v) is 13.1. The molecular formula is C17H20N4O2. The summed E-state index contributed by atoms with van der Waals surface area (Å²) >= 11 is 0. The molecule has 23 heavy (non-hydrogen) atoms. The number of amides is 1. The van der Waals surface area contributed by atoms with Crippen LogP contribution in [0.3, 0.4) is 0 Å². The minimum Gasteiger partial charge on any atom is -0.508 e. The Kier molecular flexibility index (Phi) is 4.43. The van der Waals surface area contributed by atoms with Crippen LogP contribution in [0.5, 0.6) is 5.75 Å². The average Bonchev–Trinajstić information content (AvgIpc) is 2.58. The number of carbonyl (C=O) groups excluding carboxylic acids is 1. The average molecular weight is 312 g/mol. The van der Waals surface area contributed by atoms with Gasteiger partial charge >= 0.3 is 0 Å². The maximum absolute atomic E-state index is 12.4. The summed E-state index contributed by atoms with van der Waals surface area (Å²) in [7, 11) is 2.10. The summed E-state index contributed by atoms with van der Waals surface area (Å²) in [5.74, 6) is 0.814. The molecule has 1 amide bonds. The van der Waals surface area contributed by atoms with Crippen LogP contribution in [0.2, 0.25) is 0 Å². The standard InChI is InChI=1S/C17H20N4O2/c1-20-8-10-21(11-9-20)16-12-13(6-7-18-16)17(23)19-14-2-4-15(22)5-3-14/h2-7,12,22H,8-11H2,1H3,(H,19,23). The van der Waals surface area contributed by atoms with Crippen LogP contribution in [0.1, 0.15) is 10.4 Å². The van der Waals surface area contributed by atoms with Gasteiger partial charge in [0, 0.05) is 43.6 Å². The molecule has 0 saturated carbocycles. The maximum atomic E-state index is 12.4. The second-order valence-electron chi connectivity index (χ2n) is 5.69. The van der Waals surface area contributed by atoms with E-state index < -0.39 is 0 Å². The van der Waals surface area contributed by atoms with Crippen LogP contribution in [-0.2, 0) is 0 Å². The highest BCUT2D eigenvalue weighted by molar-refractivity contribution is 6.04. The van der Waals surface area contributed by atoms with Crippen molar-refractivity contribution in [2.45, 2.75) is 0 Å². The number of hydrogen-bond acceptors (Lipinski definition) is 5. The Hall–Kier alpha value is -2.60. The first kappa shape index (κ1) is 15.3. The molecule has 1 aliphatic heterocycles. The first-order valence-corrected chi connectivity index (χ1v) is 7.62. The Bertz CT molecular complexity index is 679. The number of aromatic nitrogens is 1. The number of pyridine rings is 1.